The number of hydrogen-bond donors (Lipinski definition) is 0. The van der Waals surface area contributed by atoms with E-state index in [-0.39, 0.29) is 6.09 Å². The molecule has 1 saturated heterocycles. The molecule has 1 amide bonds. The van der Waals surface area contributed by atoms with E-state index in [9.17, 15) is 4.79 Å². The van der Waals surface area contributed by atoms with Gasteiger partial charge < -0.3 is 14.5 Å². The van der Waals surface area contributed by atoms with Crippen LogP contribution in [-0.4, -0.2) is 60.8 Å². The molecule has 7 heteroatoms. The number of carbonyl (C=O) groups excluding carboxylic acids is 1. The van der Waals surface area contributed by atoms with Gasteiger partial charge in [0.15, 0.2) is 0 Å². The number of carbonyl (C=O) groups is 1. The van der Waals surface area contributed by atoms with Gasteiger partial charge in [0.2, 0.25) is 0 Å². The topological polar surface area (TPSA) is 36.0 Å². The molecule has 5 nitrogen and oxygen atoms in total. The van der Waals surface area contributed by atoms with Crippen LogP contribution in [0, 0.1) is 0 Å². The van der Waals surface area contributed by atoms with E-state index in [0.717, 1.165) is 50.7 Å². The summed E-state index contributed by atoms with van der Waals surface area (Å²) in [5, 5.41) is 0.766. The fourth-order valence-electron chi connectivity index (χ4n) is 3.98. The Morgan fingerprint density at radius 2 is 1.71 bits per heavy atom. The highest BCUT2D eigenvalue weighted by Gasteiger charge is 2.27. The molecule has 0 atom stereocenters. The summed E-state index contributed by atoms with van der Waals surface area (Å²) in [6.07, 6.45) is 0.834. The number of benzene rings is 2. The van der Waals surface area contributed by atoms with E-state index in [1.54, 1.807) is 11.8 Å². The highest BCUT2D eigenvalue weighted by molar-refractivity contribution is 7.99. The van der Waals surface area contributed by atoms with Crippen molar-refractivity contribution < 1.29 is 9.53 Å². The van der Waals surface area contributed by atoms with Crippen molar-refractivity contribution in [1.82, 2.24) is 9.80 Å². The molecule has 2 heterocycles. The summed E-state index contributed by atoms with van der Waals surface area (Å²) in [5.41, 5.74) is 1.99. The molecular weight excluding hydrogens is 430 g/mol. The lowest BCUT2D eigenvalue weighted by Gasteiger charge is -2.36. The first kappa shape index (κ1) is 22.3. The number of amides is 1. The molecule has 0 spiro atoms. The molecule has 0 aromatic heterocycles. The largest absolute Gasteiger partial charge is 0.444 e. The molecule has 2 aliphatic heterocycles. The minimum absolute atomic E-state index is 0.206. The predicted molar refractivity (Wildman–Crippen MR) is 128 cm³/mol. The number of ether oxygens (including phenoxy) is 1. The van der Waals surface area contributed by atoms with Gasteiger partial charge in [-0.25, -0.2) is 4.79 Å². The molecule has 0 saturated carbocycles. The van der Waals surface area contributed by atoms with Gasteiger partial charge in [0.1, 0.15) is 5.60 Å². The highest BCUT2D eigenvalue weighted by atomic mass is 35.5. The zero-order valence-electron chi connectivity index (χ0n) is 18.4. The molecule has 4 rings (SSSR count). The third-order valence-electron chi connectivity index (χ3n) is 5.47. The standard InChI is InChI=1S/C24H30ClN3O2S/c1-24(2,3)30-23(29)27-15-13-26(14-16-27)11-6-12-28-19-7-4-5-8-21(19)31-22-10-9-18(25)17-20(22)28/h4-5,7-10,17H,6,11-16H2,1-3H3. The molecule has 0 radical (unpaired) electrons. The van der Waals surface area contributed by atoms with Crippen LogP contribution in [-0.2, 0) is 4.74 Å². The van der Waals surface area contributed by atoms with E-state index in [4.69, 9.17) is 16.3 Å². The van der Waals surface area contributed by atoms with Crippen molar-refractivity contribution in [1.29, 1.82) is 0 Å². The number of hydrogen-bond acceptors (Lipinski definition) is 5. The summed E-state index contributed by atoms with van der Waals surface area (Å²) in [6.45, 7) is 10.9. The summed E-state index contributed by atoms with van der Waals surface area (Å²) in [7, 11) is 0. The van der Waals surface area contributed by atoms with Crippen LogP contribution in [0.1, 0.15) is 27.2 Å². The van der Waals surface area contributed by atoms with Crippen LogP contribution in [0.15, 0.2) is 52.3 Å². The van der Waals surface area contributed by atoms with E-state index >= 15 is 0 Å². The van der Waals surface area contributed by atoms with Crippen molar-refractivity contribution in [3.63, 3.8) is 0 Å². The molecule has 1 fully saturated rings. The average molecular weight is 460 g/mol. The molecule has 0 unspecified atom stereocenters. The van der Waals surface area contributed by atoms with Crippen LogP contribution < -0.4 is 4.90 Å². The molecule has 2 aliphatic rings. The summed E-state index contributed by atoms with van der Waals surface area (Å²) >= 11 is 8.12. The highest BCUT2D eigenvalue weighted by Crippen LogP contribution is 2.48. The number of para-hydroxylation sites is 1. The van der Waals surface area contributed by atoms with Crippen LogP contribution in [0.25, 0.3) is 0 Å². The van der Waals surface area contributed by atoms with E-state index < -0.39 is 5.60 Å². The zero-order chi connectivity index (χ0) is 22.0. The molecule has 2 aromatic rings. The quantitative estimate of drug-likeness (QED) is 0.570. The van der Waals surface area contributed by atoms with E-state index in [1.807, 2.05) is 31.7 Å². The Bertz CT molecular complexity index is 939. The Labute approximate surface area is 194 Å². The maximum atomic E-state index is 12.3. The lowest BCUT2D eigenvalue weighted by atomic mass is 10.2. The van der Waals surface area contributed by atoms with Crippen molar-refractivity contribution in [2.75, 3.05) is 44.2 Å². The number of piperazine rings is 1. The minimum atomic E-state index is -0.448. The summed E-state index contributed by atoms with van der Waals surface area (Å²) < 4.78 is 5.50. The predicted octanol–water partition coefficient (Wildman–Crippen LogP) is 5.89. The fourth-order valence-corrected chi connectivity index (χ4v) is 5.22. The number of nitrogens with zero attached hydrogens (tertiary/aromatic N) is 3. The van der Waals surface area contributed by atoms with Crippen molar-refractivity contribution in [2.45, 2.75) is 42.6 Å². The van der Waals surface area contributed by atoms with Crippen LogP contribution in [0.4, 0.5) is 16.2 Å². The zero-order valence-corrected chi connectivity index (χ0v) is 20.0. The van der Waals surface area contributed by atoms with Gasteiger partial charge in [-0.1, -0.05) is 35.5 Å². The first-order chi connectivity index (χ1) is 14.8. The van der Waals surface area contributed by atoms with Crippen LogP contribution >= 0.6 is 23.4 Å². The second-order valence-electron chi connectivity index (χ2n) is 9.00. The van der Waals surface area contributed by atoms with Gasteiger partial charge in [0.05, 0.1) is 11.4 Å². The van der Waals surface area contributed by atoms with Crippen molar-refractivity contribution in [2.24, 2.45) is 0 Å². The smallest absolute Gasteiger partial charge is 0.410 e. The van der Waals surface area contributed by atoms with E-state index in [0.29, 0.717) is 0 Å². The molecule has 0 bridgehead atoms. The third kappa shape index (κ3) is 5.48. The van der Waals surface area contributed by atoms with E-state index in [1.165, 1.54) is 21.2 Å². The van der Waals surface area contributed by atoms with Gasteiger partial charge in [-0.05, 0) is 64.1 Å². The SMILES string of the molecule is CC(C)(C)OC(=O)N1CCN(CCCN2c3ccccc3Sc3ccc(Cl)cc32)CC1. The monoisotopic (exact) mass is 459 g/mol. The lowest BCUT2D eigenvalue weighted by Crippen LogP contribution is -2.50. The van der Waals surface area contributed by atoms with Gasteiger partial charge in [0, 0.05) is 47.5 Å². The average Bonchev–Trinajstić information content (AvgIpc) is 2.73. The Morgan fingerprint density at radius 3 is 2.45 bits per heavy atom. The van der Waals surface area contributed by atoms with Crippen LogP contribution in [0.3, 0.4) is 0 Å². The first-order valence-corrected chi connectivity index (χ1v) is 12.0. The van der Waals surface area contributed by atoms with Crippen molar-refractivity contribution in [3.8, 4) is 0 Å². The Morgan fingerprint density at radius 1 is 1.00 bits per heavy atom. The summed E-state index contributed by atoms with van der Waals surface area (Å²) in [5.74, 6) is 0. The fraction of sp³-hybridized carbons (Fsp3) is 0.458. The van der Waals surface area contributed by atoms with Gasteiger partial charge in [-0.2, -0.15) is 0 Å². The maximum absolute atomic E-state index is 12.3. The number of fused-ring (bicyclic) bond motifs is 2. The third-order valence-corrected chi connectivity index (χ3v) is 6.83. The van der Waals surface area contributed by atoms with Crippen molar-refractivity contribution >= 4 is 40.8 Å². The maximum Gasteiger partial charge on any atom is 0.410 e. The summed E-state index contributed by atoms with van der Waals surface area (Å²) in [4.78, 5) is 21.4. The number of anilines is 2. The molecular formula is C24H30ClN3O2S. The van der Waals surface area contributed by atoms with Crippen LogP contribution in [0.5, 0.6) is 0 Å². The first-order valence-electron chi connectivity index (χ1n) is 10.8. The van der Waals surface area contributed by atoms with Gasteiger partial charge in [-0.3, -0.25) is 4.90 Å². The van der Waals surface area contributed by atoms with Crippen molar-refractivity contribution in [3.05, 3.63) is 47.5 Å². The normalized spacial score (nSPS) is 16.6. The van der Waals surface area contributed by atoms with E-state index in [2.05, 4.69) is 46.2 Å². The van der Waals surface area contributed by atoms with Gasteiger partial charge in [0.25, 0.3) is 0 Å². The molecule has 31 heavy (non-hydrogen) atoms. The Kier molecular flexibility index (Phi) is 6.70. The van der Waals surface area contributed by atoms with Gasteiger partial charge in [-0.15, -0.1) is 0 Å². The second-order valence-corrected chi connectivity index (χ2v) is 10.5. The molecule has 0 N–H and O–H groups in total. The molecule has 2 aromatic carbocycles. The minimum Gasteiger partial charge on any atom is -0.444 e. The molecule has 0 aliphatic carbocycles. The number of halogens is 1. The Hall–Kier alpha value is -1.89. The van der Waals surface area contributed by atoms with Crippen LogP contribution in [0.2, 0.25) is 5.02 Å². The van der Waals surface area contributed by atoms with Gasteiger partial charge >= 0.3 is 6.09 Å². The second kappa shape index (κ2) is 9.31. The number of rotatable bonds is 4. The summed E-state index contributed by atoms with van der Waals surface area (Å²) in [6, 6.07) is 14.7. The molecule has 166 valence electrons. The Balaban J connectivity index is 1.34. The lowest BCUT2D eigenvalue weighted by molar-refractivity contribution is 0.0145.